The first-order valence-corrected chi connectivity index (χ1v) is 11.3. The lowest BCUT2D eigenvalue weighted by molar-refractivity contribution is 0.140. The molecule has 2 atom stereocenters. The van der Waals surface area contributed by atoms with E-state index in [1.54, 1.807) is 0 Å². The first-order chi connectivity index (χ1) is 13.9. The molecule has 2 aromatic carbocycles. The molecule has 0 unspecified atom stereocenters. The second-order valence-corrected chi connectivity index (χ2v) is 9.68. The number of nitrogens with one attached hydrogen (secondary N) is 1. The van der Waals surface area contributed by atoms with Gasteiger partial charge in [0.1, 0.15) is 0 Å². The van der Waals surface area contributed by atoms with Gasteiger partial charge in [0.05, 0.1) is 11.0 Å². The molecule has 1 fully saturated rings. The third-order valence-electron chi connectivity index (χ3n) is 6.53. The molecule has 1 heterocycles. The zero-order chi connectivity index (χ0) is 20.6. The van der Waals surface area contributed by atoms with Gasteiger partial charge in [0, 0.05) is 11.7 Å². The summed E-state index contributed by atoms with van der Waals surface area (Å²) < 4.78 is 2.49. The Kier molecular flexibility index (Phi) is 5.42. The van der Waals surface area contributed by atoms with E-state index in [4.69, 9.17) is 4.98 Å². The highest BCUT2D eigenvalue weighted by atomic mass is 15.2. The van der Waals surface area contributed by atoms with Crippen molar-refractivity contribution in [3.8, 4) is 0 Å². The molecule has 1 aromatic heterocycles. The van der Waals surface area contributed by atoms with Crippen molar-refractivity contribution in [1.29, 1.82) is 0 Å². The summed E-state index contributed by atoms with van der Waals surface area (Å²) >= 11 is 0. The molecule has 0 bridgehead atoms. The van der Waals surface area contributed by atoms with Gasteiger partial charge >= 0.3 is 0 Å². The maximum absolute atomic E-state index is 5.03. The SMILES string of the molecule is CCc1ccc(Nc2nc3ccccc3n2[C@@H]2C[C@@H](C)CC(C)(C)C2)c(CC)c1. The zero-order valence-corrected chi connectivity index (χ0v) is 18.6. The van der Waals surface area contributed by atoms with Crippen molar-refractivity contribution in [2.45, 2.75) is 72.8 Å². The number of hydrogen-bond acceptors (Lipinski definition) is 2. The third-order valence-corrected chi connectivity index (χ3v) is 6.53. The molecule has 0 amide bonds. The van der Waals surface area contributed by atoms with E-state index in [1.807, 2.05) is 0 Å². The van der Waals surface area contributed by atoms with Crippen molar-refractivity contribution in [2.75, 3.05) is 5.32 Å². The van der Waals surface area contributed by atoms with Crippen LogP contribution in [0.5, 0.6) is 0 Å². The Labute approximate surface area is 175 Å². The summed E-state index contributed by atoms with van der Waals surface area (Å²) in [6, 6.07) is 15.9. The van der Waals surface area contributed by atoms with Crippen LogP contribution < -0.4 is 5.32 Å². The highest BCUT2D eigenvalue weighted by Crippen LogP contribution is 2.46. The molecular formula is C26H35N3. The minimum absolute atomic E-state index is 0.363. The number of nitrogens with zero attached hydrogens (tertiary/aromatic N) is 2. The van der Waals surface area contributed by atoms with Crippen LogP contribution in [-0.4, -0.2) is 9.55 Å². The quantitative estimate of drug-likeness (QED) is 0.496. The van der Waals surface area contributed by atoms with Crippen LogP contribution in [0.4, 0.5) is 11.6 Å². The average molecular weight is 390 g/mol. The average Bonchev–Trinajstić information content (AvgIpc) is 3.04. The van der Waals surface area contributed by atoms with E-state index in [-0.39, 0.29) is 0 Å². The van der Waals surface area contributed by atoms with Gasteiger partial charge in [0.15, 0.2) is 0 Å². The van der Waals surface area contributed by atoms with E-state index in [2.05, 4.69) is 87.0 Å². The summed E-state index contributed by atoms with van der Waals surface area (Å²) in [6.07, 6.45) is 5.80. The van der Waals surface area contributed by atoms with E-state index in [0.717, 1.165) is 30.2 Å². The highest BCUT2D eigenvalue weighted by molar-refractivity contribution is 5.80. The van der Waals surface area contributed by atoms with E-state index >= 15 is 0 Å². The Morgan fingerprint density at radius 2 is 1.86 bits per heavy atom. The molecule has 154 valence electrons. The maximum atomic E-state index is 5.03. The van der Waals surface area contributed by atoms with Gasteiger partial charge in [-0.2, -0.15) is 0 Å². The number of imidazole rings is 1. The number of para-hydroxylation sites is 2. The number of hydrogen-bond donors (Lipinski definition) is 1. The molecule has 1 N–H and O–H groups in total. The fourth-order valence-electron chi connectivity index (χ4n) is 5.40. The van der Waals surface area contributed by atoms with Crippen LogP contribution in [0.2, 0.25) is 0 Å². The topological polar surface area (TPSA) is 29.9 Å². The van der Waals surface area contributed by atoms with Gasteiger partial charge in [-0.05, 0) is 72.8 Å². The Bertz CT molecular complexity index is 998. The Balaban J connectivity index is 1.78. The molecule has 0 aliphatic heterocycles. The summed E-state index contributed by atoms with van der Waals surface area (Å²) in [4.78, 5) is 5.03. The van der Waals surface area contributed by atoms with Gasteiger partial charge in [-0.1, -0.05) is 58.9 Å². The molecule has 29 heavy (non-hydrogen) atoms. The molecule has 1 aliphatic rings. The lowest BCUT2D eigenvalue weighted by Gasteiger charge is -2.40. The fourth-order valence-corrected chi connectivity index (χ4v) is 5.40. The first-order valence-electron chi connectivity index (χ1n) is 11.3. The number of fused-ring (bicyclic) bond motifs is 1. The van der Waals surface area contributed by atoms with Crippen LogP contribution in [-0.2, 0) is 12.8 Å². The summed E-state index contributed by atoms with van der Waals surface area (Å²) in [5.41, 5.74) is 6.62. The second-order valence-electron chi connectivity index (χ2n) is 9.68. The van der Waals surface area contributed by atoms with E-state index in [0.29, 0.717) is 11.5 Å². The molecule has 0 spiro atoms. The molecule has 1 aliphatic carbocycles. The van der Waals surface area contributed by atoms with Crippen LogP contribution in [0.25, 0.3) is 11.0 Å². The number of rotatable bonds is 5. The summed E-state index contributed by atoms with van der Waals surface area (Å²) in [7, 11) is 0. The van der Waals surface area contributed by atoms with Crippen LogP contribution in [0.1, 0.15) is 71.0 Å². The van der Waals surface area contributed by atoms with Crippen molar-refractivity contribution in [1.82, 2.24) is 9.55 Å². The summed E-state index contributed by atoms with van der Waals surface area (Å²) in [5.74, 6) is 1.72. The second kappa shape index (κ2) is 7.85. The lowest BCUT2D eigenvalue weighted by Crippen LogP contribution is -2.29. The van der Waals surface area contributed by atoms with Crippen molar-refractivity contribution >= 4 is 22.7 Å². The number of benzene rings is 2. The normalized spacial score (nSPS) is 21.4. The van der Waals surface area contributed by atoms with Crippen LogP contribution in [0.3, 0.4) is 0 Å². The van der Waals surface area contributed by atoms with Gasteiger partial charge in [0.25, 0.3) is 0 Å². The predicted octanol–water partition coefficient (Wildman–Crippen LogP) is 7.29. The monoisotopic (exact) mass is 389 g/mol. The lowest BCUT2D eigenvalue weighted by atomic mass is 9.70. The van der Waals surface area contributed by atoms with E-state index < -0.39 is 0 Å². The Morgan fingerprint density at radius 3 is 2.59 bits per heavy atom. The van der Waals surface area contributed by atoms with Gasteiger partial charge in [-0.15, -0.1) is 0 Å². The molecule has 0 saturated heterocycles. The molecule has 3 aromatic rings. The molecular weight excluding hydrogens is 354 g/mol. The highest BCUT2D eigenvalue weighted by Gasteiger charge is 2.34. The molecule has 3 nitrogen and oxygen atoms in total. The Morgan fingerprint density at radius 1 is 1.07 bits per heavy atom. The predicted molar refractivity (Wildman–Crippen MR) is 124 cm³/mol. The summed E-state index contributed by atoms with van der Waals surface area (Å²) in [6.45, 7) is 11.7. The van der Waals surface area contributed by atoms with Crippen LogP contribution >= 0.6 is 0 Å². The first kappa shape index (κ1) is 20.0. The number of anilines is 2. The minimum atomic E-state index is 0.363. The summed E-state index contributed by atoms with van der Waals surface area (Å²) in [5, 5.41) is 3.72. The van der Waals surface area contributed by atoms with Gasteiger partial charge in [-0.25, -0.2) is 4.98 Å². The van der Waals surface area contributed by atoms with Crippen LogP contribution in [0, 0.1) is 11.3 Å². The van der Waals surface area contributed by atoms with Gasteiger partial charge in [0.2, 0.25) is 5.95 Å². The van der Waals surface area contributed by atoms with Crippen molar-refractivity contribution < 1.29 is 0 Å². The standard InChI is InChI=1S/C26H35N3/c1-6-19-12-13-22(20(7-2)15-19)27-25-28-23-10-8-9-11-24(23)29(25)21-14-18(3)16-26(4,5)17-21/h8-13,15,18,21H,6-7,14,16-17H2,1-5H3,(H,27,28)/t18-,21-/m1/s1. The zero-order valence-electron chi connectivity index (χ0n) is 18.6. The van der Waals surface area contributed by atoms with Crippen LogP contribution in [0.15, 0.2) is 42.5 Å². The Hall–Kier alpha value is -2.29. The number of aromatic nitrogens is 2. The largest absolute Gasteiger partial charge is 0.325 e. The van der Waals surface area contributed by atoms with Crippen molar-refractivity contribution in [3.05, 3.63) is 53.6 Å². The molecule has 3 heteroatoms. The molecule has 1 saturated carbocycles. The number of aryl methyl sites for hydroxylation is 2. The fraction of sp³-hybridized carbons (Fsp3) is 0.500. The van der Waals surface area contributed by atoms with Gasteiger partial charge < -0.3 is 9.88 Å². The maximum Gasteiger partial charge on any atom is 0.208 e. The van der Waals surface area contributed by atoms with Crippen molar-refractivity contribution in [3.63, 3.8) is 0 Å². The third kappa shape index (κ3) is 4.05. The van der Waals surface area contributed by atoms with E-state index in [9.17, 15) is 0 Å². The van der Waals surface area contributed by atoms with E-state index in [1.165, 1.54) is 41.6 Å². The molecule has 0 radical (unpaired) electrons. The molecule has 4 rings (SSSR count). The smallest absolute Gasteiger partial charge is 0.208 e. The van der Waals surface area contributed by atoms with Crippen molar-refractivity contribution in [2.24, 2.45) is 11.3 Å². The minimum Gasteiger partial charge on any atom is -0.325 e. The van der Waals surface area contributed by atoms with Gasteiger partial charge in [-0.3, -0.25) is 0 Å².